The molecular weight excluding hydrogens is 530 g/mol. The molecule has 0 saturated heterocycles. The lowest BCUT2D eigenvalue weighted by molar-refractivity contribution is -0.113. The predicted molar refractivity (Wildman–Crippen MR) is 145 cm³/mol. The molecule has 2 heterocycles. The average molecular weight is 555 g/mol. The van der Waals surface area contributed by atoms with Crippen LogP contribution in [0.5, 0.6) is 0 Å². The Morgan fingerprint density at radius 2 is 1.85 bits per heavy atom. The first kappa shape index (κ1) is 23.3. The minimum absolute atomic E-state index is 0.0440. The van der Waals surface area contributed by atoms with Gasteiger partial charge in [-0.1, -0.05) is 35.5 Å². The van der Waals surface area contributed by atoms with Crippen molar-refractivity contribution in [3.05, 3.63) is 78.9 Å². The second-order valence-electron chi connectivity index (χ2n) is 8.58. The minimum atomic E-state index is -0.148. The molecule has 1 aliphatic rings. The largest absolute Gasteiger partial charge is 0.324 e. The number of halogens is 1. The van der Waals surface area contributed by atoms with E-state index in [9.17, 15) is 9.59 Å². The number of carbonyl (C=O) groups is 1. The van der Waals surface area contributed by atoms with Crippen molar-refractivity contribution >= 4 is 60.8 Å². The molecule has 34 heavy (non-hydrogen) atoms. The highest BCUT2D eigenvalue weighted by molar-refractivity contribution is 9.10. The van der Waals surface area contributed by atoms with Crippen molar-refractivity contribution in [2.24, 2.45) is 0 Å². The van der Waals surface area contributed by atoms with Crippen LogP contribution in [0.2, 0.25) is 0 Å². The minimum Gasteiger partial charge on any atom is -0.324 e. The molecule has 0 bridgehead atoms. The second-order valence-corrected chi connectivity index (χ2v) is 11.5. The van der Waals surface area contributed by atoms with Crippen LogP contribution in [0.4, 0.5) is 5.69 Å². The van der Waals surface area contributed by atoms with Crippen LogP contribution in [0.15, 0.2) is 56.9 Å². The fourth-order valence-corrected chi connectivity index (χ4v) is 6.95. The summed E-state index contributed by atoms with van der Waals surface area (Å²) >= 11 is 6.42. The van der Waals surface area contributed by atoms with Gasteiger partial charge in [-0.05, 0) is 90.9 Å². The van der Waals surface area contributed by atoms with Crippen LogP contribution in [0.3, 0.4) is 0 Å². The van der Waals surface area contributed by atoms with Crippen molar-refractivity contribution in [3.63, 3.8) is 0 Å². The highest BCUT2D eigenvalue weighted by atomic mass is 79.9. The average Bonchev–Trinajstić information content (AvgIpc) is 3.19. The van der Waals surface area contributed by atoms with Gasteiger partial charge in [-0.25, -0.2) is 4.98 Å². The van der Waals surface area contributed by atoms with Gasteiger partial charge < -0.3 is 5.32 Å². The SMILES string of the molecule is Cc1ccc(-n2c(SCC(=O)Nc3ccc(C)cc3Br)nc3sc4c(c3c2=O)CCCC4)cc1. The van der Waals surface area contributed by atoms with Crippen LogP contribution in [0, 0.1) is 13.8 Å². The summed E-state index contributed by atoms with van der Waals surface area (Å²) in [6.07, 6.45) is 4.20. The molecule has 0 spiro atoms. The van der Waals surface area contributed by atoms with Crippen LogP contribution in [0.1, 0.15) is 34.4 Å². The number of thiophene rings is 1. The highest BCUT2D eigenvalue weighted by Crippen LogP contribution is 2.35. The van der Waals surface area contributed by atoms with E-state index in [0.717, 1.165) is 62.9 Å². The van der Waals surface area contributed by atoms with Gasteiger partial charge in [0.2, 0.25) is 5.91 Å². The number of amides is 1. The smallest absolute Gasteiger partial charge is 0.267 e. The number of hydrogen-bond donors (Lipinski definition) is 1. The Bertz CT molecular complexity index is 1460. The van der Waals surface area contributed by atoms with E-state index < -0.39 is 0 Å². The predicted octanol–water partition coefficient (Wildman–Crippen LogP) is 6.44. The molecule has 1 amide bonds. The third-order valence-electron chi connectivity index (χ3n) is 5.98. The zero-order valence-corrected chi connectivity index (χ0v) is 22.2. The van der Waals surface area contributed by atoms with Crippen molar-refractivity contribution in [2.45, 2.75) is 44.7 Å². The maximum atomic E-state index is 13.8. The number of nitrogens with zero attached hydrogens (tertiary/aromatic N) is 2. The molecule has 0 radical (unpaired) electrons. The molecule has 5 nitrogen and oxygen atoms in total. The summed E-state index contributed by atoms with van der Waals surface area (Å²) in [4.78, 5) is 33.5. The number of nitrogens with one attached hydrogen (secondary N) is 1. The summed E-state index contributed by atoms with van der Waals surface area (Å²) in [6.45, 7) is 4.02. The molecule has 0 atom stereocenters. The van der Waals surface area contributed by atoms with Gasteiger partial charge in [0, 0.05) is 9.35 Å². The summed E-state index contributed by atoms with van der Waals surface area (Å²) in [5.74, 6) is -0.000277. The summed E-state index contributed by atoms with van der Waals surface area (Å²) in [5.41, 5.74) is 4.85. The van der Waals surface area contributed by atoms with E-state index in [1.807, 2.05) is 56.3 Å². The van der Waals surface area contributed by atoms with Crippen LogP contribution in [0.25, 0.3) is 15.9 Å². The zero-order valence-electron chi connectivity index (χ0n) is 19.0. The molecule has 2 aromatic carbocycles. The van der Waals surface area contributed by atoms with E-state index in [-0.39, 0.29) is 17.2 Å². The number of benzene rings is 2. The number of rotatable bonds is 5. The standard InChI is InChI=1S/C26H24BrN3O2S2/c1-15-7-10-17(11-8-15)30-25(32)23-18-5-3-4-6-21(18)34-24(23)29-26(30)33-14-22(31)28-20-12-9-16(2)13-19(20)27/h7-13H,3-6,14H2,1-2H3,(H,28,31). The molecule has 0 unspecified atom stereocenters. The summed E-state index contributed by atoms with van der Waals surface area (Å²) < 4.78 is 2.51. The lowest BCUT2D eigenvalue weighted by Crippen LogP contribution is -2.23. The highest BCUT2D eigenvalue weighted by Gasteiger charge is 2.23. The lowest BCUT2D eigenvalue weighted by atomic mass is 9.97. The molecule has 0 fully saturated rings. The molecule has 5 rings (SSSR count). The third kappa shape index (κ3) is 4.59. The maximum absolute atomic E-state index is 13.8. The summed E-state index contributed by atoms with van der Waals surface area (Å²) in [5, 5.41) is 4.23. The normalized spacial score (nSPS) is 13.1. The number of anilines is 1. The number of aryl methyl sites for hydroxylation is 4. The Kier molecular flexibility index (Phi) is 6.64. The van der Waals surface area contributed by atoms with Gasteiger partial charge in [-0.3, -0.25) is 14.2 Å². The first-order valence-corrected chi connectivity index (χ1v) is 13.8. The molecule has 2 aromatic heterocycles. The van der Waals surface area contributed by atoms with Crippen LogP contribution in [-0.4, -0.2) is 21.2 Å². The molecule has 8 heteroatoms. The third-order valence-corrected chi connectivity index (χ3v) is 8.76. The first-order valence-electron chi connectivity index (χ1n) is 11.2. The van der Waals surface area contributed by atoms with Gasteiger partial charge in [0.05, 0.1) is 22.5 Å². The van der Waals surface area contributed by atoms with E-state index >= 15 is 0 Å². The van der Waals surface area contributed by atoms with Crippen molar-refractivity contribution in [1.29, 1.82) is 0 Å². The molecular formula is C26H24BrN3O2S2. The summed E-state index contributed by atoms with van der Waals surface area (Å²) in [7, 11) is 0. The van der Waals surface area contributed by atoms with Crippen molar-refractivity contribution < 1.29 is 4.79 Å². The number of hydrogen-bond acceptors (Lipinski definition) is 5. The Morgan fingerprint density at radius 1 is 1.12 bits per heavy atom. The topological polar surface area (TPSA) is 64.0 Å². The van der Waals surface area contributed by atoms with Crippen LogP contribution >= 0.6 is 39.0 Å². The van der Waals surface area contributed by atoms with E-state index in [2.05, 4.69) is 21.2 Å². The molecule has 0 aliphatic heterocycles. The van der Waals surface area contributed by atoms with Crippen LogP contribution in [-0.2, 0) is 17.6 Å². The fraction of sp³-hybridized carbons (Fsp3) is 0.269. The Morgan fingerprint density at radius 3 is 2.62 bits per heavy atom. The van der Waals surface area contributed by atoms with E-state index in [0.29, 0.717) is 5.16 Å². The van der Waals surface area contributed by atoms with E-state index in [1.54, 1.807) is 15.9 Å². The Labute approximate surface area is 214 Å². The van der Waals surface area contributed by atoms with Crippen molar-refractivity contribution in [2.75, 3.05) is 11.1 Å². The maximum Gasteiger partial charge on any atom is 0.267 e. The van der Waals surface area contributed by atoms with E-state index in [4.69, 9.17) is 4.98 Å². The van der Waals surface area contributed by atoms with Crippen molar-refractivity contribution in [1.82, 2.24) is 9.55 Å². The van der Waals surface area contributed by atoms with Crippen molar-refractivity contribution in [3.8, 4) is 5.69 Å². The molecule has 1 aliphatic carbocycles. The van der Waals surface area contributed by atoms with Gasteiger partial charge in [0.15, 0.2) is 5.16 Å². The molecule has 1 N–H and O–H groups in total. The first-order chi connectivity index (χ1) is 16.4. The van der Waals surface area contributed by atoms with Gasteiger partial charge in [0.25, 0.3) is 5.56 Å². The van der Waals surface area contributed by atoms with Gasteiger partial charge in [-0.2, -0.15) is 0 Å². The van der Waals surface area contributed by atoms with E-state index in [1.165, 1.54) is 22.2 Å². The number of carbonyl (C=O) groups excluding carboxylic acids is 1. The van der Waals surface area contributed by atoms with Gasteiger partial charge >= 0.3 is 0 Å². The second kappa shape index (κ2) is 9.68. The quantitative estimate of drug-likeness (QED) is 0.228. The Hall–Kier alpha value is -2.42. The number of fused-ring (bicyclic) bond motifs is 3. The summed E-state index contributed by atoms with van der Waals surface area (Å²) in [6, 6.07) is 13.7. The molecule has 0 saturated carbocycles. The lowest BCUT2D eigenvalue weighted by Gasteiger charge is -2.14. The zero-order chi connectivity index (χ0) is 23.8. The molecule has 174 valence electrons. The fourth-order valence-electron chi connectivity index (χ4n) is 4.24. The number of thioether (sulfide) groups is 1. The van der Waals surface area contributed by atoms with Gasteiger partial charge in [0.1, 0.15) is 4.83 Å². The van der Waals surface area contributed by atoms with Crippen LogP contribution < -0.4 is 10.9 Å². The monoisotopic (exact) mass is 553 g/mol. The number of aromatic nitrogens is 2. The Balaban J connectivity index is 1.51. The molecule has 4 aromatic rings. The van der Waals surface area contributed by atoms with Gasteiger partial charge in [-0.15, -0.1) is 11.3 Å².